The van der Waals surface area contributed by atoms with E-state index in [1.165, 1.54) is 11.8 Å². The lowest BCUT2D eigenvalue weighted by Gasteiger charge is -2.28. The summed E-state index contributed by atoms with van der Waals surface area (Å²) < 4.78 is 7.23. The molecule has 174 valence electrons. The highest BCUT2D eigenvalue weighted by Gasteiger charge is 2.30. The van der Waals surface area contributed by atoms with Gasteiger partial charge in [0.1, 0.15) is 6.54 Å². The standard InChI is InChI=1S/C25H25N5O3S/c1-28-24(32)22(14-17-15-30(16-23(26)31)21-5-3-2-4-20(17)21)34-25(28)27-18-6-8-19(9-7-18)29-10-12-33-13-11-29/h2-9,14-15H,10-13,16H2,1H3,(H2,26,31)/b22-14-,27-25?. The first-order valence-electron chi connectivity index (χ1n) is 11.0. The van der Waals surface area contributed by atoms with E-state index in [1.54, 1.807) is 11.9 Å². The minimum atomic E-state index is -0.417. The second kappa shape index (κ2) is 9.36. The minimum Gasteiger partial charge on any atom is -0.378 e. The Bertz CT molecular complexity index is 1310. The van der Waals surface area contributed by atoms with Crippen LogP contribution in [-0.4, -0.2) is 59.8 Å². The number of benzene rings is 2. The van der Waals surface area contributed by atoms with Crippen LogP contribution in [0.15, 0.2) is 64.6 Å². The molecule has 0 radical (unpaired) electrons. The number of thioether (sulfide) groups is 1. The normalized spacial score (nSPS) is 19.0. The van der Waals surface area contributed by atoms with Gasteiger partial charge in [-0.25, -0.2) is 4.99 Å². The monoisotopic (exact) mass is 475 g/mol. The van der Waals surface area contributed by atoms with Crippen LogP contribution < -0.4 is 10.6 Å². The molecule has 2 N–H and O–H groups in total. The van der Waals surface area contributed by atoms with Crippen LogP contribution >= 0.6 is 11.8 Å². The van der Waals surface area contributed by atoms with Crippen LogP contribution in [0.3, 0.4) is 0 Å². The Morgan fingerprint density at radius 3 is 2.62 bits per heavy atom. The van der Waals surface area contributed by atoms with Gasteiger partial charge in [-0.05, 0) is 48.2 Å². The van der Waals surface area contributed by atoms with E-state index in [1.807, 2.05) is 53.2 Å². The Morgan fingerprint density at radius 1 is 1.15 bits per heavy atom. The molecule has 0 aliphatic carbocycles. The summed E-state index contributed by atoms with van der Waals surface area (Å²) in [5, 5.41) is 1.58. The van der Waals surface area contributed by atoms with Crippen LogP contribution in [0.25, 0.3) is 17.0 Å². The van der Waals surface area contributed by atoms with Crippen molar-refractivity contribution in [2.45, 2.75) is 6.54 Å². The molecule has 2 fully saturated rings. The number of hydrogen-bond donors (Lipinski definition) is 1. The summed E-state index contributed by atoms with van der Waals surface area (Å²) in [5.41, 5.74) is 9.09. The first-order chi connectivity index (χ1) is 16.5. The van der Waals surface area contributed by atoms with Gasteiger partial charge >= 0.3 is 0 Å². The number of ether oxygens (including phenoxy) is 1. The summed E-state index contributed by atoms with van der Waals surface area (Å²) in [5.74, 6) is -0.527. The molecule has 2 aromatic carbocycles. The fourth-order valence-electron chi connectivity index (χ4n) is 4.15. The summed E-state index contributed by atoms with van der Waals surface area (Å²) in [6.07, 6.45) is 3.71. The molecule has 0 saturated carbocycles. The summed E-state index contributed by atoms with van der Waals surface area (Å²) in [6, 6.07) is 15.8. The first kappa shape index (κ1) is 22.2. The van der Waals surface area contributed by atoms with Gasteiger partial charge in [-0.15, -0.1) is 0 Å². The summed E-state index contributed by atoms with van der Waals surface area (Å²) in [4.78, 5) is 33.6. The molecule has 0 atom stereocenters. The highest BCUT2D eigenvalue weighted by Crippen LogP contribution is 2.35. The molecular weight excluding hydrogens is 450 g/mol. The number of para-hydroxylation sites is 1. The number of amidine groups is 1. The molecule has 0 unspecified atom stereocenters. The number of hydrogen-bond acceptors (Lipinski definition) is 6. The fraction of sp³-hybridized carbons (Fsp3) is 0.240. The lowest BCUT2D eigenvalue weighted by atomic mass is 10.1. The molecule has 3 heterocycles. The number of fused-ring (bicyclic) bond motifs is 1. The van der Waals surface area contributed by atoms with Crippen LogP contribution in [0.2, 0.25) is 0 Å². The van der Waals surface area contributed by atoms with E-state index in [0.29, 0.717) is 10.1 Å². The number of carbonyl (C=O) groups is 2. The average molecular weight is 476 g/mol. The lowest BCUT2D eigenvalue weighted by Crippen LogP contribution is -2.36. The van der Waals surface area contributed by atoms with E-state index in [4.69, 9.17) is 15.5 Å². The Kier molecular flexibility index (Phi) is 6.12. The summed E-state index contributed by atoms with van der Waals surface area (Å²) in [6.45, 7) is 3.32. The average Bonchev–Trinajstić information content (AvgIpc) is 3.32. The molecule has 2 aliphatic rings. The highest BCUT2D eigenvalue weighted by molar-refractivity contribution is 8.18. The second-order valence-corrected chi connectivity index (χ2v) is 9.19. The predicted molar refractivity (Wildman–Crippen MR) is 136 cm³/mol. The number of carbonyl (C=O) groups excluding carboxylic acids is 2. The van der Waals surface area contributed by atoms with Gasteiger partial charge in [-0.1, -0.05) is 18.2 Å². The molecule has 2 aliphatic heterocycles. The van der Waals surface area contributed by atoms with Gasteiger partial charge in [0.25, 0.3) is 5.91 Å². The topological polar surface area (TPSA) is 93.2 Å². The van der Waals surface area contributed by atoms with Crippen molar-refractivity contribution in [1.29, 1.82) is 0 Å². The van der Waals surface area contributed by atoms with Crippen LogP contribution in [0, 0.1) is 0 Å². The van der Waals surface area contributed by atoms with Crippen LogP contribution in [-0.2, 0) is 20.9 Å². The minimum absolute atomic E-state index is 0.0812. The first-order valence-corrected chi connectivity index (χ1v) is 11.9. The van der Waals surface area contributed by atoms with E-state index in [0.717, 1.165) is 54.1 Å². The van der Waals surface area contributed by atoms with E-state index < -0.39 is 5.91 Å². The zero-order valence-corrected chi connectivity index (χ0v) is 19.6. The molecule has 8 nitrogen and oxygen atoms in total. The summed E-state index contributed by atoms with van der Waals surface area (Å²) >= 11 is 1.34. The number of amides is 2. The van der Waals surface area contributed by atoms with Crippen LogP contribution in [0.4, 0.5) is 11.4 Å². The van der Waals surface area contributed by atoms with Crippen molar-refractivity contribution in [1.82, 2.24) is 9.47 Å². The van der Waals surface area contributed by atoms with Gasteiger partial charge in [0.05, 0.1) is 23.8 Å². The quantitative estimate of drug-likeness (QED) is 0.572. The van der Waals surface area contributed by atoms with E-state index in [-0.39, 0.29) is 12.5 Å². The third kappa shape index (κ3) is 4.44. The van der Waals surface area contributed by atoms with Crippen molar-refractivity contribution in [3.63, 3.8) is 0 Å². The Hall–Kier alpha value is -3.56. The lowest BCUT2D eigenvalue weighted by molar-refractivity contribution is -0.121. The van der Waals surface area contributed by atoms with E-state index in [2.05, 4.69) is 17.0 Å². The van der Waals surface area contributed by atoms with Gasteiger partial charge in [0.15, 0.2) is 5.17 Å². The maximum Gasteiger partial charge on any atom is 0.266 e. The molecule has 0 bridgehead atoms. The van der Waals surface area contributed by atoms with Crippen molar-refractivity contribution in [2.24, 2.45) is 10.7 Å². The van der Waals surface area contributed by atoms with Gasteiger partial charge in [0, 0.05) is 48.5 Å². The number of rotatable bonds is 5. The van der Waals surface area contributed by atoms with Gasteiger partial charge in [-0.3, -0.25) is 14.5 Å². The number of aliphatic imine (C=N–C) groups is 1. The number of nitrogens with zero attached hydrogens (tertiary/aromatic N) is 4. The molecule has 9 heteroatoms. The zero-order valence-electron chi connectivity index (χ0n) is 18.8. The van der Waals surface area contributed by atoms with Crippen molar-refractivity contribution in [3.05, 3.63) is 65.2 Å². The molecule has 34 heavy (non-hydrogen) atoms. The smallest absolute Gasteiger partial charge is 0.266 e. The molecule has 5 rings (SSSR count). The molecule has 1 aromatic heterocycles. The molecule has 2 saturated heterocycles. The van der Waals surface area contributed by atoms with Crippen molar-refractivity contribution >= 4 is 57.1 Å². The third-order valence-electron chi connectivity index (χ3n) is 5.89. The van der Waals surface area contributed by atoms with Crippen molar-refractivity contribution < 1.29 is 14.3 Å². The second-order valence-electron chi connectivity index (χ2n) is 8.18. The number of anilines is 1. The Labute approximate surface area is 201 Å². The van der Waals surface area contributed by atoms with Gasteiger partial charge in [-0.2, -0.15) is 0 Å². The van der Waals surface area contributed by atoms with Crippen LogP contribution in [0.1, 0.15) is 5.56 Å². The van der Waals surface area contributed by atoms with Crippen molar-refractivity contribution in [3.8, 4) is 0 Å². The molecule has 0 spiro atoms. The van der Waals surface area contributed by atoms with E-state index in [9.17, 15) is 9.59 Å². The SMILES string of the molecule is CN1C(=O)/C(=C/c2cn(CC(N)=O)c3ccccc23)SC1=Nc1ccc(N2CCOCC2)cc1. The highest BCUT2D eigenvalue weighted by atomic mass is 32.2. The largest absolute Gasteiger partial charge is 0.378 e. The molecule has 2 amide bonds. The van der Waals surface area contributed by atoms with E-state index >= 15 is 0 Å². The van der Waals surface area contributed by atoms with Crippen molar-refractivity contribution in [2.75, 3.05) is 38.3 Å². The number of likely N-dealkylation sites (N-methyl/N-ethyl adjacent to an activating group) is 1. The number of aromatic nitrogens is 1. The van der Waals surface area contributed by atoms with Crippen LogP contribution in [0.5, 0.6) is 0 Å². The predicted octanol–water partition coefficient (Wildman–Crippen LogP) is 3.20. The maximum atomic E-state index is 12.9. The maximum absolute atomic E-state index is 12.9. The third-order valence-corrected chi connectivity index (χ3v) is 6.95. The fourth-order valence-corrected chi connectivity index (χ4v) is 5.13. The zero-order chi connectivity index (χ0) is 23.7. The molecule has 3 aromatic rings. The Balaban J connectivity index is 1.40. The Morgan fingerprint density at radius 2 is 1.88 bits per heavy atom. The van der Waals surface area contributed by atoms with Gasteiger partial charge in [0.2, 0.25) is 5.91 Å². The number of nitrogens with two attached hydrogens (primary N) is 1. The number of primary amides is 1. The van der Waals surface area contributed by atoms with Gasteiger partial charge < -0.3 is 19.9 Å². The number of morpholine rings is 1. The molecular formula is C25H25N5O3S. The summed E-state index contributed by atoms with van der Waals surface area (Å²) in [7, 11) is 1.73.